The molecule has 2 aliphatic heterocycles. The van der Waals surface area contributed by atoms with Gasteiger partial charge < -0.3 is 9.80 Å². The molecule has 1 amide bonds. The van der Waals surface area contributed by atoms with Gasteiger partial charge in [-0.05, 0) is 25.7 Å². The molecular formula is C20H31N5O. The molecule has 1 aromatic rings. The number of fused-ring (bicyclic) bond motifs is 1. The standard InChI is InChI=1S/C20H31N5O/c1-3-15(2)20(26)25-8-7-17-18(13-25)21-14-22-19(17)24-11-9-23(10-12-24)16-5-4-6-16/h14-16H,3-13H2,1-2H3. The van der Waals surface area contributed by atoms with Crippen molar-refractivity contribution in [3.63, 3.8) is 0 Å². The molecule has 1 unspecified atom stereocenters. The minimum absolute atomic E-state index is 0.0949. The van der Waals surface area contributed by atoms with E-state index in [1.807, 2.05) is 11.8 Å². The predicted octanol–water partition coefficient (Wildman–Crippen LogP) is 2.08. The van der Waals surface area contributed by atoms with Gasteiger partial charge in [-0.3, -0.25) is 9.69 Å². The second kappa shape index (κ2) is 7.51. The van der Waals surface area contributed by atoms with Crippen molar-refractivity contribution in [3.05, 3.63) is 17.6 Å². The van der Waals surface area contributed by atoms with E-state index in [4.69, 9.17) is 0 Å². The molecule has 1 aromatic heterocycles. The summed E-state index contributed by atoms with van der Waals surface area (Å²) < 4.78 is 0. The van der Waals surface area contributed by atoms with E-state index < -0.39 is 0 Å². The van der Waals surface area contributed by atoms with Crippen LogP contribution in [0, 0.1) is 5.92 Å². The number of carbonyl (C=O) groups excluding carboxylic acids is 1. The topological polar surface area (TPSA) is 52.6 Å². The predicted molar refractivity (Wildman–Crippen MR) is 102 cm³/mol. The fourth-order valence-corrected chi connectivity index (χ4v) is 4.33. The SMILES string of the molecule is CCC(C)C(=O)N1CCc2c(ncnc2N2CCN(C3CCC3)CC2)C1. The van der Waals surface area contributed by atoms with Gasteiger partial charge in [-0.2, -0.15) is 0 Å². The molecule has 3 aliphatic rings. The third-order valence-electron chi connectivity index (χ3n) is 6.53. The van der Waals surface area contributed by atoms with Crippen LogP contribution in [0.4, 0.5) is 5.82 Å². The smallest absolute Gasteiger partial charge is 0.225 e. The van der Waals surface area contributed by atoms with E-state index in [9.17, 15) is 4.79 Å². The van der Waals surface area contributed by atoms with Gasteiger partial charge in [0.1, 0.15) is 12.1 Å². The maximum absolute atomic E-state index is 12.5. The number of nitrogens with zero attached hydrogens (tertiary/aromatic N) is 5. The van der Waals surface area contributed by atoms with Gasteiger partial charge in [-0.15, -0.1) is 0 Å². The second-order valence-corrected chi connectivity index (χ2v) is 8.05. The van der Waals surface area contributed by atoms with Crippen molar-refractivity contribution in [3.8, 4) is 0 Å². The van der Waals surface area contributed by atoms with Gasteiger partial charge in [-0.25, -0.2) is 9.97 Å². The van der Waals surface area contributed by atoms with Gasteiger partial charge in [0.05, 0.1) is 12.2 Å². The first-order valence-corrected chi connectivity index (χ1v) is 10.3. The summed E-state index contributed by atoms with van der Waals surface area (Å²) in [6.07, 6.45) is 7.60. The van der Waals surface area contributed by atoms with Crippen LogP contribution in [0.25, 0.3) is 0 Å². The maximum Gasteiger partial charge on any atom is 0.225 e. The molecule has 26 heavy (non-hydrogen) atoms. The highest BCUT2D eigenvalue weighted by molar-refractivity contribution is 5.78. The number of hydrogen-bond acceptors (Lipinski definition) is 5. The Kier molecular flexibility index (Phi) is 5.11. The number of aromatic nitrogens is 2. The first-order valence-electron chi connectivity index (χ1n) is 10.3. The van der Waals surface area contributed by atoms with Gasteiger partial charge >= 0.3 is 0 Å². The largest absolute Gasteiger partial charge is 0.354 e. The molecule has 6 nitrogen and oxygen atoms in total. The van der Waals surface area contributed by atoms with E-state index in [1.165, 1.54) is 24.8 Å². The van der Waals surface area contributed by atoms with E-state index in [0.29, 0.717) is 6.54 Å². The molecule has 4 rings (SSSR count). The molecule has 0 bridgehead atoms. The zero-order chi connectivity index (χ0) is 18.1. The summed E-state index contributed by atoms with van der Waals surface area (Å²) in [7, 11) is 0. The first-order chi connectivity index (χ1) is 12.7. The molecule has 1 atom stereocenters. The molecular weight excluding hydrogens is 326 g/mol. The highest BCUT2D eigenvalue weighted by Crippen LogP contribution is 2.29. The average molecular weight is 358 g/mol. The van der Waals surface area contributed by atoms with Crippen molar-refractivity contribution in [2.75, 3.05) is 37.6 Å². The Morgan fingerprint density at radius 1 is 1.19 bits per heavy atom. The number of hydrogen-bond donors (Lipinski definition) is 0. The first kappa shape index (κ1) is 17.7. The van der Waals surface area contributed by atoms with E-state index in [2.05, 4.69) is 26.7 Å². The molecule has 6 heteroatoms. The van der Waals surface area contributed by atoms with E-state index in [-0.39, 0.29) is 11.8 Å². The average Bonchev–Trinajstić information content (AvgIpc) is 2.65. The second-order valence-electron chi connectivity index (χ2n) is 8.05. The maximum atomic E-state index is 12.5. The fourth-order valence-electron chi connectivity index (χ4n) is 4.33. The van der Waals surface area contributed by atoms with Crippen molar-refractivity contribution < 1.29 is 4.79 Å². The number of piperazine rings is 1. The van der Waals surface area contributed by atoms with Crippen LogP contribution in [0.15, 0.2) is 6.33 Å². The Balaban J connectivity index is 1.44. The van der Waals surface area contributed by atoms with Crippen molar-refractivity contribution >= 4 is 11.7 Å². The van der Waals surface area contributed by atoms with Crippen LogP contribution in [-0.2, 0) is 17.8 Å². The van der Waals surface area contributed by atoms with Crippen LogP contribution in [0.3, 0.4) is 0 Å². The third-order valence-corrected chi connectivity index (χ3v) is 6.53. The van der Waals surface area contributed by atoms with Crippen molar-refractivity contribution in [1.29, 1.82) is 0 Å². The number of amides is 1. The minimum atomic E-state index is 0.0949. The van der Waals surface area contributed by atoms with Crippen molar-refractivity contribution in [1.82, 2.24) is 19.8 Å². The molecule has 0 aromatic carbocycles. The molecule has 142 valence electrons. The van der Waals surface area contributed by atoms with Gasteiger partial charge in [0, 0.05) is 50.2 Å². The highest BCUT2D eigenvalue weighted by Gasteiger charge is 2.31. The van der Waals surface area contributed by atoms with Crippen LogP contribution >= 0.6 is 0 Å². The molecule has 1 saturated heterocycles. The van der Waals surface area contributed by atoms with Crippen LogP contribution in [0.1, 0.15) is 50.8 Å². The summed E-state index contributed by atoms with van der Waals surface area (Å²) in [5, 5.41) is 0. The Morgan fingerprint density at radius 2 is 1.96 bits per heavy atom. The van der Waals surface area contributed by atoms with Crippen LogP contribution < -0.4 is 4.90 Å². The summed E-state index contributed by atoms with van der Waals surface area (Å²) >= 11 is 0. The molecule has 0 N–H and O–H groups in total. The fraction of sp³-hybridized carbons (Fsp3) is 0.750. The quantitative estimate of drug-likeness (QED) is 0.826. The van der Waals surface area contributed by atoms with Crippen LogP contribution in [-0.4, -0.2) is 64.4 Å². The molecule has 0 radical (unpaired) electrons. The Morgan fingerprint density at radius 3 is 2.62 bits per heavy atom. The monoisotopic (exact) mass is 357 g/mol. The Hall–Kier alpha value is -1.69. The zero-order valence-electron chi connectivity index (χ0n) is 16.2. The van der Waals surface area contributed by atoms with Gasteiger partial charge in [0.15, 0.2) is 0 Å². The highest BCUT2D eigenvalue weighted by atomic mass is 16.2. The van der Waals surface area contributed by atoms with Crippen LogP contribution in [0.2, 0.25) is 0 Å². The summed E-state index contributed by atoms with van der Waals surface area (Å²) in [6, 6.07) is 0.830. The van der Waals surface area contributed by atoms with Gasteiger partial charge in [-0.1, -0.05) is 20.3 Å². The number of anilines is 1. The normalized spacial score (nSPS) is 22.7. The van der Waals surface area contributed by atoms with Gasteiger partial charge in [0.25, 0.3) is 0 Å². The Bertz CT molecular complexity index is 652. The molecule has 1 aliphatic carbocycles. The lowest BCUT2D eigenvalue weighted by atomic mass is 9.91. The van der Waals surface area contributed by atoms with Crippen molar-refractivity contribution in [2.24, 2.45) is 5.92 Å². The number of carbonyl (C=O) groups is 1. The summed E-state index contributed by atoms with van der Waals surface area (Å²) in [5.74, 6) is 1.46. The molecule has 3 heterocycles. The summed E-state index contributed by atoms with van der Waals surface area (Å²) in [6.45, 7) is 9.90. The lowest BCUT2D eigenvalue weighted by molar-refractivity contribution is -0.136. The molecule has 1 saturated carbocycles. The Labute approximate surface area is 156 Å². The van der Waals surface area contributed by atoms with Crippen molar-refractivity contribution in [2.45, 2.75) is 58.5 Å². The molecule has 2 fully saturated rings. The molecule has 0 spiro atoms. The summed E-state index contributed by atoms with van der Waals surface area (Å²) in [4.78, 5) is 28.7. The van der Waals surface area contributed by atoms with E-state index >= 15 is 0 Å². The van der Waals surface area contributed by atoms with E-state index in [1.54, 1.807) is 6.33 Å². The minimum Gasteiger partial charge on any atom is -0.354 e. The zero-order valence-corrected chi connectivity index (χ0v) is 16.2. The van der Waals surface area contributed by atoms with E-state index in [0.717, 1.165) is 63.1 Å². The number of rotatable bonds is 4. The van der Waals surface area contributed by atoms with Gasteiger partial charge in [0.2, 0.25) is 5.91 Å². The summed E-state index contributed by atoms with van der Waals surface area (Å²) in [5.41, 5.74) is 2.30. The van der Waals surface area contributed by atoms with Crippen LogP contribution in [0.5, 0.6) is 0 Å². The lowest BCUT2D eigenvalue weighted by Gasteiger charge is -2.43. The third kappa shape index (κ3) is 3.31. The lowest BCUT2D eigenvalue weighted by Crippen LogP contribution is -2.52.